The van der Waals surface area contributed by atoms with Gasteiger partial charge in [-0.3, -0.25) is 9.98 Å². The lowest BCUT2D eigenvalue weighted by Crippen LogP contribution is -2.01. The van der Waals surface area contributed by atoms with Gasteiger partial charge >= 0.3 is 0 Å². The summed E-state index contributed by atoms with van der Waals surface area (Å²) in [6.45, 7) is 4.15. The van der Waals surface area contributed by atoms with Crippen LogP contribution < -0.4 is 0 Å². The average Bonchev–Trinajstić information content (AvgIpc) is 3.06. The summed E-state index contributed by atoms with van der Waals surface area (Å²) >= 11 is 0. The summed E-state index contributed by atoms with van der Waals surface area (Å²) in [6, 6.07) is 39.7. The van der Waals surface area contributed by atoms with Crippen molar-refractivity contribution in [2.24, 2.45) is 4.99 Å². The lowest BCUT2D eigenvalue weighted by atomic mass is 9.90. The number of benzene rings is 6. The van der Waals surface area contributed by atoms with E-state index < -0.39 is 0 Å². The monoisotopic (exact) mass is 564 g/mol. The molecule has 0 amide bonds. The highest BCUT2D eigenvalue weighted by molar-refractivity contribution is 6.21. The van der Waals surface area contributed by atoms with Crippen LogP contribution in [0.15, 0.2) is 114 Å². The van der Waals surface area contributed by atoms with Crippen LogP contribution in [0.1, 0.15) is 46.9 Å². The van der Waals surface area contributed by atoms with Crippen LogP contribution in [-0.2, 0) is 6.42 Å². The second-order valence-corrected chi connectivity index (χ2v) is 11.9. The van der Waals surface area contributed by atoms with Gasteiger partial charge in [0.15, 0.2) is 0 Å². The maximum absolute atomic E-state index is 4.75. The SMILES string of the molecule is CC1=Nc2ccc(/C=C/c3cc4c5ccccc5c(/C=C/c5ccc6nc(C)ccc6c5)cc4c4ccccc34)cc2CC1. The van der Waals surface area contributed by atoms with Crippen molar-refractivity contribution in [2.45, 2.75) is 26.7 Å². The van der Waals surface area contributed by atoms with E-state index in [1.807, 2.05) is 6.92 Å². The Kier molecular flexibility index (Phi) is 6.42. The second kappa shape index (κ2) is 10.7. The number of aryl methyl sites for hydroxylation is 2. The first kappa shape index (κ1) is 26.3. The first-order valence-electron chi connectivity index (χ1n) is 15.4. The molecule has 0 fully saturated rings. The maximum atomic E-state index is 4.75. The van der Waals surface area contributed by atoms with Crippen molar-refractivity contribution in [1.29, 1.82) is 0 Å². The third kappa shape index (κ3) is 4.79. The van der Waals surface area contributed by atoms with Gasteiger partial charge in [-0.25, -0.2) is 0 Å². The van der Waals surface area contributed by atoms with Crippen molar-refractivity contribution in [1.82, 2.24) is 4.98 Å². The Morgan fingerprint density at radius 3 is 1.82 bits per heavy atom. The molecule has 0 aliphatic carbocycles. The molecule has 1 aliphatic heterocycles. The van der Waals surface area contributed by atoms with Gasteiger partial charge in [0, 0.05) is 16.8 Å². The van der Waals surface area contributed by atoms with Crippen LogP contribution in [0.25, 0.3) is 67.5 Å². The summed E-state index contributed by atoms with van der Waals surface area (Å²) in [5.41, 5.74) is 10.6. The Labute approximate surface area is 257 Å². The van der Waals surface area contributed by atoms with Crippen LogP contribution in [0.4, 0.5) is 5.69 Å². The molecule has 44 heavy (non-hydrogen) atoms. The highest BCUT2D eigenvalue weighted by Gasteiger charge is 2.12. The molecule has 1 aromatic heterocycles. The Bertz CT molecular complexity index is 2350. The van der Waals surface area contributed by atoms with Gasteiger partial charge in [0.25, 0.3) is 0 Å². The summed E-state index contributed by atoms with van der Waals surface area (Å²) in [5, 5.41) is 8.77. The third-order valence-corrected chi connectivity index (χ3v) is 8.88. The minimum Gasteiger partial charge on any atom is -0.258 e. The van der Waals surface area contributed by atoms with Gasteiger partial charge in [0.05, 0.1) is 11.2 Å². The fourth-order valence-corrected chi connectivity index (χ4v) is 6.60. The summed E-state index contributed by atoms with van der Waals surface area (Å²) in [5.74, 6) is 0. The summed E-state index contributed by atoms with van der Waals surface area (Å²) in [4.78, 5) is 9.41. The fourth-order valence-electron chi connectivity index (χ4n) is 6.60. The van der Waals surface area contributed by atoms with E-state index in [0.29, 0.717) is 0 Å². The lowest BCUT2D eigenvalue weighted by molar-refractivity contribution is 1.00. The molecule has 6 aromatic carbocycles. The van der Waals surface area contributed by atoms with Gasteiger partial charge in [-0.2, -0.15) is 0 Å². The van der Waals surface area contributed by atoms with E-state index in [9.17, 15) is 0 Å². The number of aromatic nitrogens is 1. The standard InChI is InChI=1S/C42H32N2/c1-27-11-17-33-23-29(15-21-41(33)43-27)13-19-31-25-39-38-10-6-4-8-36(38)32(26-40(39)37-9-5-3-7-35(31)37)20-14-30-16-22-42-34(24-30)18-12-28(2)44-42/h3-11,13-17,19-26H,12,18H2,1-2H3/b19-13+,20-14+. The lowest BCUT2D eigenvalue weighted by Gasteiger charge is -2.14. The number of hydrogen-bond acceptors (Lipinski definition) is 2. The van der Waals surface area contributed by atoms with Gasteiger partial charge in [-0.05, 0) is 129 Å². The van der Waals surface area contributed by atoms with Gasteiger partial charge in [0.1, 0.15) is 0 Å². The summed E-state index contributed by atoms with van der Waals surface area (Å²) in [7, 11) is 0. The number of hydrogen-bond donors (Lipinski definition) is 0. The van der Waals surface area contributed by atoms with E-state index in [1.165, 1.54) is 65.8 Å². The number of nitrogens with zero attached hydrogens (tertiary/aromatic N) is 2. The number of aliphatic imine (C=N–C) groups is 1. The molecule has 0 saturated heterocycles. The predicted molar refractivity (Wildman–Crippen MR) is 191 cm³/mol. The molecule has 0 atom stereocenters. The van der Waals surface area contributed by atoms with E-state index >= 15 is 0 Å². The largest absolute Gasteiger partial charge is 0.258 e. The van der Waals surface area contributed by atoms with Crippen molar-refractivity contribution in [3.8, 4) is 0 Å². The quantitative estimate of drug-likeness (QED) is 0.154. The maximum Gasteiger partial charge on any atom is 0.0705 e. The number of rotatable bonds is 4. The Morgan fingerprint density at radius 2 is 1.14 bits per heavy atom. The average molecular weight is 565 g/mol. The van der Waals surface area contributed by atoms with E-state index in [-0.39, 0.29) is 0 Å². The second-order valence-electron chi connectivity index (χ2n) is 11.9. The van der Waals surface area contributed by atoms with E-state index in [4.69, 9.17) is 4.99 Å². The zero-order chi connectivity index (χ0) is 29.6. The minimum atomic E-state index is 1.03. The summed E-state index contributed by atoms with van der Waals surface area (Å²) in [6.07, 6.45) is 11.1. The predicted octanol–water partition coefficient (Wildman–Crippen LogP) is 11.4. The number of pyridine rings is 1. The van der Waals surface area contributed by atoms with Gasteiger partial charge in [-0.1, -0.05) is 91.0 Å². The normalized spacial score (nSPS) is 13.5. The van der Waals surface area contributed by atoms with E-state index in [1.54, 1.807) is 0 Å². The van der Waals surface area contributed by atoms with E-state index in [0.717, 1.165) is 35.1 Å². The molecule has 0 N–H and O–H groups in total. The van der Waals surface area contributed by atoms with Crippen LogP contribution in [0.5, 0.6) is 0 Å². The Hall–Kier alpha value is -5.34. The molecule has 0 saturated carbocycles. The minimum absolute atomic E-state index is 1.03. The highest BCUT2D eigenvalue weighted by atomic mass is 14.8. The van der Waals surface area contributed by atoms with Crippen LogP contribution >= 0.6 is 0 Å². The first-order valence-corrected chi connectivity index (χ1v) is 15.4. The topological polar surface area (TPSA) is 25.2 Å². The van der Waals surface area contributed by atoms with Crippen molar-refractivity contribution in [3.05, 3.63) is 143 Å². The fraction of sp³-hybridized carbons (Fsp3) is 0.0952. The van der Waals surface area contributed by atoms with Crippen LogP contribution in [0.3, 0.4) is 0 Å². The molecule has 2 nitrogen and oxygen atoms in total. The molecule has 1 aliphatic rings. The Balaban J connectivity index is 1.24. The van der Waals surface area contributed by atoms with Gasteiger partial charge < -0.3 is 0 Å². The highest BCUT2D eigenvalue weighted by Crippen LogP contribution is 2.37. The van der Waals surface area contributed by atoms with Crippen LogP contribution in [0, 0.1) is 6.92 Å². The van der Waals surface area contributed by atoms with Gasteiger partial charge in [-0.15, -0.1) is 0 Å². The molecule has 0 radical (unpaired) electrons. The molecule has 210 valence electrons. The molecule has 7 aromatic rings. The zero-order valence-electron chi connectivity index (χ0n) is 25.0. The van der Waals surface area contributed by atoms with Crippen LogP contribution in [-0.4, -0.2) is 10.7 Å². The van der Waals surface area contributed by atoms with Crippen molar-refractivity contribution < 1.29 is 0 Å². The molecule has 0 unspecified atom stereocenters. The van der Waals surface area contributed by atoms with Gasteiger partial charge in [0.2, 0.25) is 0 Å². The molecule has 0 bridgehead atoms. The Morgan fingerprint density at radius 1 is 0.523 bits per heavy atom. The van der Waals surface area contributed by atoms with Crippen LogP contribution in [0.2, 0.25) is 0 Å². The molecule has 8 rings (SSSR count). The zero-order valence-corrected chi connectivity index (χ0v) is 25.0. The molecule has 2 heterocycles. The number of fused-ring (bicyclic) bond motifs is 7. The molecular weight excluding hydrogens is 532 g/mol. The van der Waals surface area contributed by atoms with E-state index in [2.05, 4.69) is 145 Å². The first-order chi connectivity index (χ1) is 21.6. The molecule has 0 spiro atoms. The smallest absolute Gasteiger partial charge is 0.0705 e. The molecular formula is C42H32N2. The summed E-state index contributed by atoms with van der Waals surface area (Å²) < 4.78 is 0. The third-order valence-electron chi connectivity index (χ3n) is 8.88. The molecule has 2 heteroatoms. The van der Waals surface area contributed by atoms with Crippen molar-refractivity contribution in [2.75, 3.05) is 0 Å². The van der Waals surface area contributed by atoms with Crippen molar-refractivity contribution in [3.63, 3.8) is 0 Å². The van der Waals surface area contributed by atoms with Crippen molar-refractivity contribution >= 4 is 78.9 Å².